The highest BCUT2D eigenvalue weighted by Gasteiger charge is 2.19. The van der Waals surface area contributed by atoms with Crippen molar-refractivity contribution in [2.45, 2.75) is 13.0 Å². The minimum Gasteiger partial charge on any atom is -0.323 e. The number of benzene rings is 1. The minimum absolute atomic E-state index is 0.139. The molecule has 154 valence electrons. The molecular formula is C21H18N8OS. The van der Waals surface area contributed by atoms with Gasteiger partial charge in [0.1, 0.15) is 10.5 Å². The summed E-state index contributed by atoms with van der Waals surface area (Å²) in [5, 5.41) is 18.9. The van der Waals surface area contributed by atoms with Gasteiger partial charge in [0.05, 0.1) is 34.8 Å². The van der Waals surface area contributed by atoms with Gasteiger partial charge in [0.2, 0.25) is 0 Å². The number of para-hydroxylation sites is 1. The molecule has 0 spiro atoms. The van der Waals surface area contributed by atoms with Crippen molar-refractivity contribution in [1.29, 1.82) is 0 Å². The summed E-state index contributed by atoms with van der Waals surface area (Å²) in [6, 6.07) is 8.04. The van der Waals surface area contributed by atoms with E-state index in [-0.39, 0.29) is 5.56 Å². The van der Waals surface area contributed by atoms with Gasteiger partial charge >= 0.3 is 0 Å². The van der Waals surface area contributed by atoms with Crippen molar-refractivity contribution in [3.63, 3.8) is 0 Å². The van der Waals surface area contributed by atoms with Gasteiger partial charge in [-0.05, 0) is 11.6 Å². The molecule has 9 nitrogen and oxygen atoms in total. The Balaban J connectivity index is 1.42. The van der Waals surface area contributed by atoms with Crippen LogP contribution in [-0.4, -0.2) is 39.3 Å². The molecule has 0 aliphatic rings. The van der Waals surface area contributed by atoms with Crippen LogP contribution in [-0.2, 0) is 27.1 Å². The van der Waals surface area contributed by atoms with E-state index in [1.165, 1.54) is 4.68 Å². The second-order valence-corrected chi connectivity index (χ2v) is 8.68. The SMILES string of the molecule is Cn1ccc(Cn2ncc3c4sc(Cc5cccc6cn[nH]c56)nc4n(C)c3c2=O)n1. The second kappa shape index (κ2) is 6.61. The van der Waals surface area contributed by atoms with Gasteiger partial charge in [-0.15, -0.1) is 11.3 Å². The molecule has 6 aromatic rings. The summed E-state index contributed by atoms with van der Waals surface area (Å²) in [6.07, 6.45) is 6.14. The predicted molar refractivity (Wildman–Crippen MR) is 119 cm³/mol. The van der Waals surface area contributed by atoms with Crippen molar-refractivity contribution in [3.8, 4) is 0 Å². The molecule has 0 radical (unpaired) electrons. The average molecular weight is 430 g/mol. The highest BCUT2D eigenvalue weighted by molar-refractivity contribution is 7.19. The summed E-state index contributed by atoms with van der Waals surface area (Å²) in [4.78, 5) is 18.0. The number of nitrogens with one attached hydrogen (secondary N) is 1. The van der Waals surface area contributed by atoms with Crippen LogP contribution in [0.25, 0.3) is 32.2 Å². The number of nitrogens with zero attached hydrogens (tertiary/aromatic N) is 7. The van der Waals surface area contributed by atoms with Crippen molar-refractivity contribution in [1.82, 2.24) is 39.3 Å². The molecule has 5 aromatic heterocycles. The van der Waals surface area contributed by atoms with Gasteiger partial charge in [0.25, 0.3) is 5.56 Å². The van der Waals surface area contributed by atoms with Crippen molar-refractivity contribution < 1.29 is 0 Å². The lowest BCUT2D eigenvalue weighted by atomic mass is 10.1. The molecule has 0 amide bonds. The molecule has 6 rings (SSSR count). The Labute approximate surface area is 179 Å². The molecule has 0 saturated carbocycles. The van der Waals surface area contributed by atoms with Crippen LogP contribution in [0.5, 0.6) is 0 Å². The first-order valence-corrected chi connectivity index (χ1v) is 10.6. The molecule has 0 aliphatic carbocycles. The van der Waals surface area contributed by atoms with Crippen LogP contribution in [0.4, 0.5) is 0 Å². The number of fused-ring (bicyclic) bond motifs is 4. The molecule has 0 unspecified atom stereocenters. The first-order valence-electron chi connectivity index (χ1n) is 9.82. The molecule has 0 saturated heterocycles. The molecule has 1 aromatic carbocycles. The van der Waals surface area contributed by atoms with Crippen molar-refractivity contribution in [2.24, 2.45) is 14.1 Å². The number of aryl methyl sites for hydroxylation is 2. The van der Waals surface area contributed by atoms with E-state index in [4.69, 9.17) is 4.98 Å². The number of aromatic nitrogens is 8. The standard InChI is InChI=1S/C21H18N8OS/c1-27-7-6-14(26-27)11-29-21(30)18-15(10-23-29)19-20(28(18)2)24-16(31-19)8-12-4-3-5-13-9-22-25-17(12)13/h3-7,9-10H,8,11H2,1-2H3,(H,22,25). The lowest BCUT2D eigenvalue weighted by Gasteiger charge is -2.04. The first kappa shape index (κ1) is 18.0. The molecule has 0 fully saturated rings. The van der Waals surface area contributed by atoms with Gasteiger partial charge < -0.3 is 4.57 Å². The molecule has 0 aliphatic heterocycles. The maximum atomic E-state index is 13.1. The van der Waals surface area contributed by atoms with E-state index in [1.807, 2.05) is 49.3 Å². The van der Waals surface area contributed by atoms with Crippen LogP contribution < -0.4 is 5.56 Å². The Hall–Kier alpha value is -3.79. The molecule has 31 heavy (non-hydrogen) atoms. The van der Waals surface area contributed by atoms with Gasteiger partial charge in [0.15, 0.2) is 5.65 Å². The van der Waals surface area contributed by atoms with E-state index in [2.05, 4.69) is 26.5 Å². The monoisotopic (exact) mass is 430 g/mol. The van der Waals surface area contributed by atoms with Crippen LogP contribution in [0.3, 0.4) is 0 Å². The zero-order valence-corrected chi connectivity index (χ0v) is 17.7. The molecule has 5 heterocycles. The third-order valence-electron chi connectivity index (χ3n) is 5.55. The Morgan fingerprint density at radius 1 is 1.16 bits per heavy atom. The van der Waals surface area contributed by atoms with Gasteiger partial charge in [-0.1, -0.05) is 18.2 Å². The summed E-state index contributed by atoms with van der Waals surface area (Å²) in [6.45, 7) is 0.335. The van der Waals surface area contributed by atoms with Crippen LogP contribution in [0.2, 0.25) is 0 Å². The van der Waals surface area contributed by atoms with Crippen LogP contribution >= 0.6 is 11.3 Å². The van der Waals surface area contributed by atoms with E-state index in [9.17, 15) is 4.79 Å². The van der Waals surface area contributed by atoms with Crippen molar-refractivity contribution in [3.05, 3.63) is 69.5 Å². The fraction of sp³-hybridized carbons (Fsp3) is 0.190. The zero-order valence-electron chi connectivity index (χ0n) is 16.9. The van der Waals surface area contributed by atoms with Crippen molar-refractivity contribution in [2.75, 3.05) is 0 Å². The maximum absolute atomic E-state index is 13.1. The molecule has 0 atom stereocenters. The van der Waals surface area contributed by atoms with Gasteiger partial charge in [-0.2, -0.15) is 15.3 Å². The lowest BCUT2D eigenvalue weighted by Crippen LogP contribution is -2.24. The fourth-order valence-electron chi connectivity index (χ4n) is 4.06. The summed E-state index contributed by atoms with van der Waals surface area (Å²) in [5.41, 5.74) is 4.25. The van der Waals surface area contributed by atoms with Gasteiger partial charge in [-0.3, -0.25) is 14.6 Å². The Kier molecular flexibility index (Phi) is 3.84. The number of H-pyrrole nitrogens is 1. The van der Waals surface area contributed by atoms with Gasteiger partial charge in [0, 0.05) is 37.5 Å². The highest BCUT2D eigenvalue weighted by atomic mass is 32.1. The van der Waals surface area contributed by atoms with E-state index < -0.39 is 0 Å². The maximum Gasteiger partial charge on any atom is 0.291 e. The quantitative estimate of drug-likeness (QED) is 0.463. The summed E-state index contributed by atoms with van der Waals surface area (Å²) < 4.78 is 6.03. The third kappa shape index (κ3) is 2.79. The Morgan fingerprint density at radius 2 is 2.06 bits per heavy atom. The average Bonchev–Trinajstić information content (AvgIpc) is 3.51. The largest absolute Gasteiger partial charge is 0.323 e. The summed E-state index contributed by atoms with van der Waals surface area (Å²) >= 11 is 1.61. The van der Waals surface area contributed by atoms with E-state index >= 15 is 0 Å². The second-order valence-electron chi connectivity index (χ2n) is 7.60. The highest BCUT2D eigenvalue weighted by Crippen LogP contribution is 2.32. The molecule has 0 bridgehead atoms. The normalized spacial score (nSPS) is 11.9. The first-order chi connectivity index (χ1) is 15.1. The van der Waals surface area contributed by atoms with Crippen LogP contribution in [0, 0.1) is 0 Å². The van der Waals surface area contributed by atoms with Crippen molar-refractivity contribution >= 4 is 43.5 Å². The van der Waals surface area contributed by atoms with Gasteiger partial charge in [-0.25, -0.2) is 9.67 Å². The van der Waals surface area contributed by atoms with E-state index in [1.54, 1.807) is 22.2 Å². The summed E-state index contributed by atoms with van der Waals surface area (Å²) in [5.74, 6) is 0. The lowest BCUT2D eigenvalue weighted by molar-refractivity contribution is 0.619. The summed E-state index contributed by atoms with van der Waals surface area (Å²) in [7, 11) is 3.74. The number of hydrogen-bond acceptors (Lipinski definition) is 6. The predicted octanol–water partition coefficient (Wildman–Crippen LogP) is 2.59. The topological polar surface area (TPSA) is 99.2 Å². The molecule has 1 N–H and O–H groups in total. The third-order valence-corrected chi connectivity index (χ3v) is 6.63. The number of aromatic amines is 1. The number of hydrogen-bond donors (Lipinski definition) is 1. The zero-order chi connectivity index (χ0) is 21.1. The fourth-order valence-corrected chi connectivity index (χ4v) is 5.19. The van der Waals surface area contributed by atoms with Crippen LogP contribution in [0.15, 0.2) is 47.7 Å². The van der Waals surface area contributed by atoms with E-state index in [0.29, 0.717) is 18.5 Å². The number of rotatable bonds is 4. The molecular weight excluding hydrogens is 412 g/mol. The Bertz CT molecular complexity index is 1650. The Morgan fingerprint density at radius 3 is 2.90 bits per heavy atom. The van der Waals surface area contributed by atoms with E-state index in [0.717, 1.165) is 42.9 Å². The van der Waals surface area contributed by atoms with Crippen LogP contribution in [0.1, 0.15) is 16.3 Å². The number of thiazole rings is 1. The minimum atomic E-state index is -0.139. The molecule has 10 heteroatoms. The smallest absolute Gasteiger partial charge is 0.291 e.